The molecule has 0 radical (unpaired) electrons. The Kier molecular flexibility index (Phi) is 6.25. The lowest BCUT2D eigenvalue weighted by molar-refractivity contribution is 0.0441. The smallest absolute Gasteiger partial charge is 0.170 e. The van der Waals surface area contributed by atoms with Crippen LogP contribution in [0.5, 0.6) is 5.75 Å². The van der Waals surface area contributed by atoms with Gasteiger partial charge >= 0.3 is 0 Å². The molecule has 1 saturated carbocycles. The molecule has 1 aromatic carbocycles. The van der Waals surface area contributed by atoms with Gasteiger partial charge in [-0.25, -0.2) is 0 Å². The molecule has 0 bridgehead atoms. The third-order valence-corrected chi connectivity index (χ3v) is 5.50. The van der Waals surface area contributed by atoms with Gasteiger partial charge in [-0.3, -0.25) is 4.79 Å². The number of halogens is 1. The molecular formula is C21H26ClNO4. The van der Waals surface area contributed by atoms with Crippen LogP contribution in [0.4, 0.5) is 0 Å². The van der Waals surface area contributed by atoms with Crippen molar-refractivity contribution in [2.75, 3.05) is 6.54 Å². The first-order chi connectivity index (χ1) is 12.6. The average molecular weight is 392 g/mol. The van der Waals surface area contributed by atoms with Gasteiger partial charge in [0.2, 0.25) is 0 Å². The minimum atomic E-state index is -0.569. The fourth-order valence-corrected chi connectivity index (χ4v) is 4.07. The lowest BCUT2D eigenvalue weighted by Gasteiger charge is -2.25. The zero-order valence-corrected chi connectivity index (χ0v) is 16.2. The maximum absolute atomic E-state index is 12.6. The summed E-state index contributed by atoms with van der Waals surface area (Å²) in [5.41, 5.74) is 0.734. The van der Waals surface area contributed by atoms with Crippen LogP contribution in [0, 0.1) is 12.8 Å². The molecule has 5 nitrogen and oxygen atoms in total. The quantitative estimate of drug-likeness (QED) is 0.818. The molecule has 27 heavy (non-hydrogen) atoms. The Balaban J connectivity index is 0.00000210. The van der Waals surface area contributed by atoms with E-state index in [0.29, 0.717) is 6.54 Å². The Morgan fingerprint density at radius 2 is 2.00 bits per heavy atom. The van der Waals surface area contributed by atoms with Crippen molar-refractivity contribution in [3.8, 4) is 5.75 Å². The number of carbonyl (C=O) groups is 1. The second kappa shape index (κ2) is 8.46. The number of hydrogen-bond acceptors (Lipinski definition) is 5. The molecule has 1 heterocycles. The molecule has 0 saturated heterocycles. The van der Waals surface area contributed by atoms with Crippen LogP contribution in [0.3, 0.4) is 0 Å². The molecule has 2 aliphatic carbocycles. The molecule has 0 aliphatic heterocycles. The van der Waals surface area contributed by atoms with E-state index in [-0.39, 0.29) is 36.3 Å². The Morgan fingerprint density at radius 3 is 2.78 bits per heavy atom. The molecule has 4 atom stereocenters. The SMILES string of the molecule is Cc1cc2c(o1)CCC(CNC1CCC(Oc3ccccc3)C1O)C2=O.Cl. The van der Waals surface area contributed by atoms with E-state index in [9.17, 15) is 9.90 Å². The van der Waals surface area contributed by atoms with Crippen molar-refractivity contribution >= 4 is 18.2 Å². The number of para-hydroxylation sites is 1. The zero-order chi connectivity index (χ0) is 18.1. The first-order valence-electron chi connectivity index (χ1n) is 9.38. The van der Waals surface area contributed by atoms with Crippen LogP contribution >= 0.6 is 12.4 Å². The monoisotopic (exact) mass is 391 g/mol. The van der Waals surface area contributed by atoms with Gasteiger partial charge in [-0.15, -0.1) is 12.4 Å². The maximum Gasteiger partial charge on any atom is 0.170 e. The van der Waals surface area contributed by atoms with Gasteiger partial charge in [0.25, 0.3) is 0 Å². The fourth-order valence-electron chi connectivity index (χ4n) is 4.07. The molecule has 1 fully saturated rings. The number of fused-ring (bicyclic) bond motifs is 1. The van der Waals surface area contributed by atoms with Crippen LogP contribution < -0.4 is 10.1 Å². The van der Waals surface area contributed by atoms with Crippen LogP contribution in [0.1, 0.15) is 41.1 Å². The molecule has 0 amide bonds. The standard InChI is InChI=1S/C21H25NO4.ClH/c1-13-11-16-18(25-13)9-7-14(20(16)23)12-22-17-8-10-19(21(17)24)26-15-5-3-2-4-6-15;/h2-6,11,14,17,19,21-22,24H,7-10,12H2,1H3;1H. The summed E-state index contributed by atoms with van der Waals surface area (Å²) < 4.78 is 11.5. The third kappa shape index (κ3) is 4.21. The van der Waals surface area contributed by atoms with Crippen LogP contribution in [0.15, 0.2) is 40.8 Å². The van der Waals surface area contributed by atoms with Crippen molar-refractivity contribution in [3.63, 3.8) is 0 Å². The topological polar surface area (TPSA) is 71.7 Å². The summed E-state index contributed by atoms with van der Waals surface area (Å²) in [6.07, 6.45) is 2.46. The normalized spacial score (nSPS) is 27.1. The molecule has 6 heteroatoms. The number of Topliss-reactive ketones (excluding diaryl/α,β-unsaturated/α-hetero) is 1. The number of aliphatic hydroxyl groups excluding tert-OH is 1. The number of benzene rings is 1. The van der Waals surface area contributed by atoms with E-state index in [1.807, 2.05) is 43.3 Å². The fraction of sp³-hybridized carbons (Fsp3) is 0.476. The number of furan rings is 1. The van der Waals surface area contributed by atoms with Crippen molar-refractivity contribution in [3.05, 3.63) is 53.5 Å². The summed E-state index contributed by atoms with van der Waals surface area (Å²) >= 11 is 0. The highest BCUT2D eigenvalue weighted by Crippen LogP contribution is 2.29. The van der Waals surface area contributed by atoms with Crippen molar-refractivity contribution in [1.82, 2.24) is 5.32 Å². The second-order valence-electron chi connectivity index (χ2n) is 7.35. The Bertz CT molecular complexity index is 776. The van der Waals surface area contributed by atoms with Gasteiger partial charge in [0.1, 0.15) is 29.5 Å². The van der Waals surface area contributed by atoms with E-state index in [4.69, 9.17) is 9.15 Å². The summed E-state index contributed by atoms with van der Waals surface area (Å²) in [6, 6.07) is 11.4. The van der Waals surface area contributed by atoms with E-state index in [2.05, 4.69) is 5.32 Å². The van der Waals surface area contributed by atoms with E-state index in [1.54, 1.807) is 0 Å². The number of aliphatic hydroxyl groups is 1. The Morgan fingerprint density at radius 1 is 1.22 bits per heavy atom. The van der Waals surface area contributed by atoms with Gasteiger partial charge in [0.05, 0.1) is 5.56 Å². The predicted molar refractivity (Wildman–Crippen MR) is 105 cm³/mol. The number of carbonyl (C=O) groups excluding carboxylic acids is 1. The molecule has 4 rings (SSSR count). The van der Waals surface area contributed by atoms with Crippen molar-refractivity contribution in [2.45, 2.75) is 50.9 Å². The number of rotatable bonds is 5. The minimum absolute atomic E-state index is 0. The van der Waals surface area contributed by atoms with Crippen LogP contribution in [-0.4, -0.2) is 35.7 Å². The van der Waals surface area contributed by atoms with Gasteiger partial charge in [-0.05, 0) is 44.4 Å². The maximum atomic E-state index is 12.6. The lowest BCUT2D eigenvalue weighted by atomic mass is 9.86. The predicted octanol–water partition coefficient (Wildman–Crippen LogP) is 3.32. The summed E-state index contributed by atoms with van der Waals surface area (Å²) in [5, 5.41) is 14.0. The minimum Gasteiger partial charge on any atom is -0.488 e. The lowest BCUT2D eigenvalue weighted by Crippen LogP contribution is -2.44. The van der Waals surface area contributed by atoms with Gasteiger partial charge in [0, 0.05) is 24.9 Å². The molecule has 146 valence electrons. The van der Waals surface area contributed by atoms with E-state index >= 15 is 0 Å². The number of aryl methyl sites for hydroxylation is 2. The van der Waals surface area contributed by atoms with Crippen LogP contribution in [-0.2, 0) is 6.42 Å². The second-order valence-corrected chi connectivity index (χ2v) is 7.35. The summed E-state index contributed by atoms with van der Waals surface area (Å²) in [5.74, 6) is 2.49. The first kappa shape index (κ1) is 19.9. The number of ether oxygens (including phenoxy) is 1. The Hall–Kier alpha value is -1.82. The largest absolute Gasteiger partial charge is 0.488 e. The molecule has 4 unspecified atom stereocenters. The zero-order valence-electron chi connectivity index (χ0n) is 15.4. The molecule has 0 spiro atoms. The van der Waals surface area contributed by atoms with E-state index in [0.717, 1.165) is 48.5 Å². The summed E-state index contributed by atoms with van der Waals surface area (Å²) in [7, 11) is 0. The number of ketones is 1. The van der Waals surface area contributed by atoms with Crippen molar-refractivity contribution in [2.24, 2.45) is 5.92 Å². The summed E-state index contributed by atoms with van der Waals surface area (Å²) in [6.45, 7) is 2.46. The van der Waals surface area contributed by atoms with Gasteiger partial charge in [-0.1, -0.05) is 18.2 Å². The molecule has 1 aromatic heterocycles. The molecule has 2 aromatic rings. The number of hydrogen-bond donors (Lipinski definition) is 2. The van der Waals surface area contributed by atoms with Crippen molar-refractivity contribution in [1.29, 1.82) is 0 Å². The van der Waals surface area contributed by atoms with Crippen LogP contribution in [0.25, 0.3) is 0 Å². The molecular weight excluding hydrogens is 366 g/mol. The molecule has 2 N–H and O–H groups in total. The first-order valence-corrected chi connectivity index (χ1v) is 9.38. The van der Waals surface area contributed by atoms with E-state index in [1.165, 1.54) is 0 Å². The summed E-state index contributed by atoms with van der Waals surface area (Å²) in [4.78, 5) is 12.6. The van der Waals surface area contributed by atoms with Crippen LogP contribution in [0.2, 0.25) is 0 Å². The highest BCUT2D eigenvalue weighted by atomic mass is 35.5. The third-order valence-electron chi connectivity index (χ3n) is 5.50. The van der Waals surface area contributed by atoms with Gasteiger partial charge in [-0.2, -0.15) is 0 Å². The molecule has 2 aliphatic rings. The van der Waals surface area contributed by atoms with Gasteiger partial charge < -0.3 is 19.6 Å². The highest BCUT2D eigenvalue weighted by Gasteiger charge is 2.37. The Labute approximate surface area is 165 Å². The number of nitrogens with one attached hydrogen (secondary N) is 1. The van der Waals surface area contributed by atoms with E-state index < -0.39 is 6.10 Å². The van der Waals surface area contributed by atoms with Gasteiger partial charge in [0.15, 0.2) is 5.78 Å². The highest BCUT2D eigenvalue weighted by molar-refractivity contribution is 6.00. The average Bonchev–Trinajstić information content (AvgIpc) is 3.19. The van der Waals surface area contributed by atoms with Crippen molar-refractivity contribution < 1.29 is 19.1 Å².